The number of hydrogen-bond donors (Lipinski definition) is 0. The first-order chi connectivity index (χ1) is 11.0. The Bertz CT molecular complexity index is 433. The molecular formula is C20H34N2O. The van der Waals surface area contributed by atoms with Crippen LogP contribution in [0, 0.1) is 17.3 Å². The zero-order valence-electron chi connectivity index (χ0n) is 15.1. The second-order valence-electron chi connectivity index (χ2n) is 9.26. The van der Waals surface area contributed by atoms with E-state index < -0.39 is 0 Å². The van der Waals surface area contributed by atoms with Crippen molar-refractivity contribution in [3.05, 3.63) is 0 Å². The van der Waals surface area contributed by atoms with Gasteiger partial charge in [0.15, 0.2) is 0 Å². The summed E-state index contributed by atoms with van der Waals surface area (Å²) >= 11 is 0. The Morgan fingerprint density at radius 1 is 0.826 bits per heavy atom. The van der Waals surface area contributed by atoms with Crippen LogP contribution in [0.4, 0.5) is 0 Å². The predicted octanol–water partition coefficient (Wildman–Crippen LogP) is 3.33. The molecule has 0 unspecified atom stereocenters. The lowest BCUT2D eigenvalue weighted by Crippen LogP contribution is -2.59. The molecule has 4 rings (SSSR count). The molecule has 0 amide bonds. The van der Waals surface area contributed by atoms with Crippen LogP contribution in [-0.2, 0) is 4.79 Å². The minimum Gasteiger partial charge on any atom is -0.300 e. The first-order valence-electron chi connectivity index (χ1n) is 10.0. The summed E-state index contributed by atoms with van der Waals surface area (Å²) in [5.74, 6) is 1.78. The normalized spacial score (nSPS) is 40.8. The fourth-order valence-electron chi connectivity index (χ4n) is 5.81. The minimum absolute atomic E-state index is 0.406. The number of piperidine rings is 2. The van der Waals surface area contributed by atoms with Crippen molar-refractivity contribution in [3.8, 4) is 0 Å². The molecule has 2 heterocycles. The average molecular weight is 319 g/mol. The third-order valence-corrected chi connectivity index (χ3v) is 7.62. The largest absolute Gasteiger partial charge is 0.300 e. The molecule has 2 saturated carbocycles. The number of carbonyl (C=O) groups is 1. The molecule has 0 bridgehead atoms. The smallest absolute Gasteiger partial charge is 0.132 e. The van der Waals surface area contributed by atoms with E-state index in [1.54, 1.807) is 6.92 Å². The number of rotatable bonds is 3. The van der Waals surface area contributed by atoms with E-state index in [9.17, 15) is 4.79 Å². The van der Waals surface area contributed by atoms with Gasteiger partial charge in [-0.25, -0.2) is 0 Å². The fourth-order valence-corrected chi connectivity index (χ4v) is 5.81. The van der Waals surface area contributed by atoms with Gasteiger partial charge in [-0.15, -0.1) is 0 Å². The van der Waals surface area contributed by atoms with Gasteiger partial charge in [-0.2, -0.15) is 0 Å². The van der Waals surface area contributed by atoms with E-state index in [0.29, 0.717) is 17.1 Å². The second-order valence-corrected chi connectivity index (χ2v) is 9.26. The van der Waals surface area contributed by atoms with Crippen molar-refractivity contribution in [1.82, 2.24) is 9.80 Å². The lowest BCUT2D eigenvalue weighted by Gasteiger charge is -2.60. The standard InChI is InChI=1S/C20H34N2O/c1-15-3-7-21(8-4-15)18-5-9-22(10-6-18)19-13-20(14-19)11-17(12-20)16(2)23/h15,17-19H,3-14H2,1-2H3/t17-,19-,20?. The van der Waals surface area contributed by atoms with E-state index in [-0.39, 0.29) is 0 Å². The van der Waals surface area contributed by atoms with Gasteiger partial charge in [0.05, 0.1) is 0 Å². The van der Waals surface area contributed by atoms with Crippen molar-refractivity contribution < 1.29 is 4.79 Å². The summed E-state index contributed by atoms with van der Waals surface area (Å²) in [7, 11) is 0. The molecule has 1 spiro atoms. The summed E-state index contributed by atoms with van der Waals surface area (Å²) in [6.45, 7) is 9.49. The highest BCUT2D eigenvalue weighted by atomic mass is 16.1. The highest BCUT2D eigenvalue weighted by Crippen LogP contribution is 2.60. The molecule has 3 nitrogen and oxygen atoms in total. The highest BCUT2D eigenvalue weighted by Gasteiger charge is 2.55. The van der Waals surface area contributed by atoms with Gasteiger partial charge in [-0.05, 0) is 95.8 Å². The molecule has 23 heavy (non-hydrogen) atoms. The summed E-state index contributed by atoms with van der Waals surface area (Å²) in [5.41, 5.74) is 0.584. The molecule has 4 aliphatic rings. The number of Topliss-reactive ketones (excluding diaryl/α,β-unsaturated/α-hetero) is 1. The summed E-state index contributed by atoms with van der Waals surface area (Å²) in [4.78, 5) is 17.0. The van der Waals surface area contributed by atoms with E-state index in [0.717, 1.165) is 18.0 Å². The van der Waals surface area contributed by atoms with Crippen LogP contribution in [0.25, 0.3) is 0 Å². The number of likely N-dealkylation sites (tertiary alicyclic amines) is 2. The van der Waals surface area contributed by atoms with Crippen molar-refractivity contribution in [2.24, 2.45) is 17.3 Å². The molecule has 0 N–H and O–H groups in total. The van der Waals surface area contributed by atoms with Crippen molar-refractivity contribution in [2.45, 2.75) is 77.3 Å². The van der Waals surface area contributed by atoms with Crippen molar-refractivity contribution in [2.75, 3.05) is 26.2 Å². The lowest BCUT2D eigenvalue weighted by atomic mass is 9.49. The number of ketones is 1. The maximum absolute atomic E-state index is 11.4. The summed E-state index contributed by atoms with van der Waals surface area (Å²) in [6, 6.07) is 1.70. The van der Waals surface area contributed by atoms with Gasteiger partial charge in [-0.1, -0.05) is 6.92 Å². The van der Waals surface area contributed by atoms with Crippen LogP contribution >= 0.6 is 0 Å². The monoisotopic (exact) mass is 318 g/mol. The van der Waals surface area contributed by atoms with E-state index in [4.69, 9.17) is 0 Å². The lowest BCUT2D eigenvalue weighted by molar-refractivity contribution is -0.140. The molecule has 130 valence electrons. The van der Waals surface area contributed by atoms with Crippen molar-refractivity contribution >= 4 is 5.78 Å². The molecule has 0 atom stereocenters. The van der Waals surface area contributed by atoms with Crippen LogP contribution in [-0.4, -0.2) is 53.8 Å². The number of carbonyl (C=O) groups excluding carboxylic acids is 1. The van der Waals surface area contributed by atoms with Gasteiger partial charge < -0.3 is 9.80 Å². The number of nitrogens with zero attached hydrogens (tertiary/aromatic N) is 2. The van der Waals surface area contributed by atoms with Gasteiger partial charge in [-0.3, -0.25) is 4.79 Å². The zero-order chi connectivity index (χ0) is 16.0. The fraction of sp³-hybridized carbons (Fsp3) is 0.950. The molecule has 3 heteroatoms. The Morgan fingerprint density at radius 2 is 1.35 bits per heavy atom. The number of hydrogen-bond acceptors (Lipinski definition) is 3. The van der Waals surface area contributed by atoms with Crippen molar-refractivity contribution in [1.29, 1.82) is 0 Å². The first kappa shape index (κ1) is 16.1. The molecular weight excluding hydrogens is 284 g/mol. The summed E-state index contributed by atoms with van der Waals surface area (Å²) < 4.78 is 0. The Balaban J connectivity index is 1.19. The Kier molecular flexibility index (Phi) is 4.30. The predicted molar refractivity (Wildman–Crippen MR) is 93.4 cm³/mol. The third kappa shape index (κ3) is 3.11. The van der Waals surface area contributed by atoms with Crippen LogP contribution in [0.3, 0.4) is 0 Å². The zero-order valence-corrected chi connectivity index (χ0v) is 15.1. The molecule has 2 aliphatic carbocycles. The SMILES string of the molecule is CC(=O)[C@H]1CC2(C1)C[C@H](N1CCC(N3CCC(C)CC3)CC1)C2. The van der Waals surface area contributed by atoms with E-state index >= 15 is 0 Å². The van der Waals surface area contributed by atoms with Gasteiger partial charge in [0.2, 0.25) is 0 Å². The maximum atomic E-state index is 11.4. The summed E-state index contributed by atoms with van der Waals surface area (Å²) in [6.07, 6.45) is 10.7. The second kappa shape index (κ2) is 6.15. The third-order valence-electron chi connectivity index (χ3n) is 7.62. The van der Waals surface area contributed by atoms with Crippen molar-refractivity contribution in [3.63, 3.8) is 0 Å². The first-order valence-corrected chi connectivity index (χ1v) is 10.0. The molecule has 2 aliphatic heterocycles. The topological polar surface area (TPSA) is 23.6 Å². The van der Waals surface area contributed by atoms with E-state index in [1.807, 2.05) is 0 Å². The van der Waals surface area contributed by atoms with E-state index in [2.05, 4.69) is 16.7 Å². The average Bonchev–Trinajstić information content (AvgIpc) is 2.45. The molecule has 4 fully saturated rings. The van der Waals surface area contributed by atoms with Crippen LogP contribution in [0.2, 0.25) is 0 Å². The van der Waals surface area contributed by atoms with Crippen LogP contribution in [0.15, 0.2) is 0 Å². The van der Waals surface area contributed by atoms with Crippen LogP contribution in [0.1, 0.15) is 65.2 Å². The van der Waals surface area contributed by atoms with Gasteiger partial charge in [0.1, 0.15) is 5.78 Å². The van der Waals surface area contributed by atoms with E-state index in [1.165, 1.54) is 77.5 Å². The Labute approximate surface area is 141 Å². The van der Waals surface area contributed by atoms with Gasteiger partial charge in [0, 0.05) is 18.0 Å². The quantitative estimate of drug-likeness (QED) is 0.797. The maximum Gasteiger partial charge on any atom is 0.132 e. The van der Waals surface area contributed by atoms with Crippen LogP contribution in [0.5, 0.6) is 0 Å². The Morgan fingerprint density at radius 3 is 1.91 bits per heavy atom. The molecule has 0 aromatic carbocycles. The van der Waals surface area contributed by atoms with Gasteiger partial charge in [0.25, 0.3) is 0 Å². The molecule has 0 radical (unpaired) electrons. The minimum atomic E-state index is 0.406. The van der Waals surface area contributed by atoms with Gasteiger partial charge >= 0.3 is 0 Å². The highest BCUT2D eigenvalue weighted by molar-refractivity contribution is 5.79. The summed E-state index contributed by atoms with van der Waals surface area (Å²) in [5, 5.41) is 0. The van der Waals surface area contributed by atoms with Crippen LogP contribution < -0.4 is 0 Å². The molecule has 0 aromatic heterocycles. The Hall–Kier alpha value is -0.410. The molecule has 2 saturated heterocycles. The molecule has 0 aromatic rings.